The van der Waals surface area contributed by atoms with Crippen LogP contribution in [0.25, 0.3) is 0 Å². The van der Waals surface area contributed by atoms with E-state index in [9.17, 15) is 0 Å². The lowest BCUT2D eigenvalue weighted by molar-refractivity contribution is 0.0996. The van der Waals surface area contributed by atoms with Crippen LogP contribution in [-0.2, 0) is 17.8 Å². The highest BCUT2D eigenvalue weighted by Gasteiger charge is 2.03. The lowest BCUT2D eigenvalue weighted by Gasteiger charge is -2.07. The van der Waals surface area contributed by atoms with Crippen molar-refractivity contribution < 1.29 is 4.74 Å². The SMILES string of the molecule is CNCc1ncn(CC(C)OC)n1. The summed E-state index contributed by atoms with van der Waals surface area (Å²) in [6.45, 7) is 3.45. The molecule has 0 bridgehead atoms. The van der Waals surface area contributed by atoms with Crippen LogP contribution in [0.2, 0.25) is 0 Å². The minimum Gasteiger partial charge on any atom is -0.380 e. The Morgan fingerprint density at radius 1 is 1.69 bits per heavy atom. The zero-order valence-electron chi connectivity index (χ0n) is 8.32. The van der Waals surface area contributed by atoms with E-state index in [1.165, 1.54) is 0 Å². The zero-order valence-corrected chi connectivity index (χ0v) is 8.32. The third-order valence-electron chi connectivity index (χ3n) is 1.77. The first kappa shape index (κ1) is 10.1. The molecule has 0 aliphatic rings. The molecule has 5 heteroatoms. The summed E-state index contributed by atoms with van der Waals surface area (Å²) in [5, 5.41) is 7.25. The third-order valence-corrected chi connectivity index (χ3v) is 1.77. The molecule has 0 aromatic carbocycles. The first-order valence-electron chi connectivity index (χ1n) is 4.32. The second-order valence-electron chi connectivity index (χ2n) is 2.96. The highest BCUT2D eigenvalue weighted by molar-refractivity contribution is 4.80. The Labute approximate surface area is 78.1 Å². The van der Waals surface area contributed by atoms with Gasteiger partial charge in [-0.3, -0.25) is 4.68 Å². The number of nitrogens with zero attached hydrogens (tertiary/aromatic N) is 3. The largest absolute Gasteiger partial charge is 0.380 e. The smallest absolute Gasteiger partial charge is 0.164 e. The molecule has 1 N–H and O–H groups in total. The van der Waals surface area contributed by atoms with Gasteiger partial charge in [-0.05, 0) is 14.0 Å². The lowest BCUT2D eigenvalue weighted by Crippen LogP contribution is -2.15. The van der Waals surface area contributed by atoms with Crippen LogP contribution in [0.3, 0.4) is 0 Å². The van der Waals surface area contributed by atoms with E-state index in [0.29, 0.717) is 6.54 Å². The Morgan fingerprint density at radius 3 is 3.08 bits per heavy atom. The van der Waals surface area contributed by atoms with Gasteiger partial charge in [-0.25, -0.2) is 4.98 Å². The van der Waals surface area contributed by atoms with Crippen LogP contribution in [0, 0.1) is 0 Å². The molecule has 0 radical (unpaired) electrons. The topological polar surface area (TPSA) is 52.0 Å². The van der Waals surface area contributed by atoms with Gasteiger partial charge in [0.15, 0.2) is 5.82 Å². The summed E-state index contributed by atoms with van der Waals surface area (Å²) < 4.78 is 6.91. The minimum atomic E-state index is 0.170. The van der Waals surface area contributed by atoms with E-state index in [0.717, 1.165) is 12.4 Å². The van der Waals surface area contributed by atoms with Gasteiger partial charge in [-0.1, -0.05) is 0 Å². The summed E-state index contributed by atoms with van der Waals surface area (Å²) in [5.74, 6) is 0.811. The summed E-state index contributed by atoms with van der Waals surface area (Å²) in [4.78, 5) is 4.13. The molecule has 13 heavy (non-hydrogen) atoms. The minimum absolute atomic E-state index is 0.170. The molecule has 1 aromatic heterocycles. The van der Waals surface area contributed by atoms with E-state index >= 15 is 0 Å². The van der Waals surface area contributed by atoms with E-state index in [4.69, 9.17) is 4.74 Å². The highest BCUT2D eigenvalue weighted by atomic mass is 16.5. The van der Waals surface area contributed by atoms with Crippen molar-refractivity contribution in [1.29, 1.82) is 0 Å². The lowest BCUT2D eigenvalue weighted by atomic mass is 10.4. The van der Waals surface area contributed by atoms with Crippen molar-refractivity contribution in [1.82, 2.24) is 20.1 Å². The number of aromatic nitrogens is 3. The molecule has 0 fully saturated rings. The maximum Gasteiger partial charge on any atom is 0.164 e. The van der Waals surface area contributed by atoms with Crippen molar-refractivity contribution in [3.8, 4) is 0 Å². The third kappa shape index (κ3) is 3.12. The number of rotatable bonds is 5. The summed E-state index contributed by atoms with van der Waals surface area (Å²) in [6.07, 6.45) is 1.89. The molecule has 0 amide bonds. The van der Waals surface area contributed by atoms with Crippen molar-refractivity contribution in [2.24, 2.45) is 0 Å². The summed E-state index contributed by atoms with van der Waals surface area (Å²) in [6, 6.07) is 0. The van der Waals surface area contributed by atoms with Gasteiger partial charge >= 0.3 is 0 Å². The van der Waals surface area contributed by atoms with Gasteiger partial charge in [0.1, 0.15) is 6.33 Å². The zero-order chi connectivity index (χ0) is 9.68. The standard InChI is InChI=1S/C8H16N4O/c1-7(13-3)5-12-6-10-8(11-12)4-9-2/h6-7,9H,4-5H2,1-3H3. The van der Waals surface area contributed by atoms with Crippen LogP contribution in [0.4, 0.5) is 0 Å². The molecule has 0 aliphatic heterocycles. The maximum absolute atomic E-state index is 5.12. The summed E-state index contributed by atoms with van der Waals surface area (Å²) >= 11 is 0. The van der Waals surface area contributed by atoms with Crippen molar-refractivity contribution in [2.75, 3.05) is 14.2 Å². The van der Waals surface area contributed by atoms with Gasteiger partial charge in [0, 0.05) is 7.11 Å². The van der Waals surface area contributed by atoms with Crippen molar-refractivity contribution in [3.63, 3.8) is 0 Å². The molecule has 0 spiro atoms. The summed E-state index contributed by atoms with van der Waals surface area (Å²) in [7, 11) is 3.56. The highest BCUT2D eigenvalue weighted by Crippen LogP contribution is 1.94. The van der Waals surface area contributed by atoms with Crippen LogP contribution in [-0.4, -0.2) is 35.0 Å². The Hall–Kier alpha value is -0.940. The average molecular weight is 184 g/mol. The van der Waals surface area contributed by atoms with Crippen LogP contribution < -0.4 is 5.32 Å². The molecule has 0 aliphatic carbocycles. The van der Waals surface area contributed by atoms with E-state index in [1.807, 2.05) is 14.0 Å². The monoisotopic (exact) mass is 184 g/mol. The number of nitrogens with one attached hydrogen (secondary N) is 1. The molecular weight excluding hydrogens is 168 g/mol. The molecule has 74 valence electrons. The average Bonchev–Trinajstić information content (AvgIpc) is 2.53. The van der Waals surface area contributed by atoms with Crippen LogP contribution in [0.1, 0.15) is 12.7 Å². The van der Waals surface area contributed by atoms with Gasteiger partial charge < -0.3 is 10.1 Å². The van der Waals surface area contributed by atoms with Gasteiger partial charge in [0.2, 0.25) is 0 Å². The second-order valence-corrected chi connectivity index (χ2v) is 2.96. The fourth-order valence-electron chi connectivity index (χ4n) is 0.998. The van der Waals surface area contributed by atoms with Gasteiger partial charge in [0.25, 0.3) is 0 Å². The van der Waals surface area contributed by atoms with E-state index in [-0.39, 0.29) is 6.10 Å². The number of ether oxygens (including phenoxy) is 1. The summed E-state index contributed by atoms with van der Waals surface area (Å²) in [5.41, 5.74) is 0. The molecule has 0 saturated heterocycles. The Balaban J connectivity index is 2.48. The maximum atomic E-state index is 5.12. The van der Waals surface area contributed by atoms with Crippen molar-refractivity contribution in [3.05, 3.63) is 12.2 Å². The first-order valence-corrected chi connectivity index (χ1v) is 4.32. The molecule has 0 saturated carbocycles. The Bertz CT molecular complexity index is 248. The predicted octanol–water partition coefficient (Wildman–Crippen LogP) is 0.0324. The molecule has 1 aromatic rings. The van der Waals surface area contributed by atoms with Crippen molar-refractivity contribution >= 4 is 0 Å². The Morgan fingerprint density at radius 2 is 2.46 bits per heavy atom. The quantitative estimate of drug-likeness (QED) is 0.701. The number of hydrogen-bond acceptors (Lipinski definition) is 4. The van der Waals surface area contributed by atoms with E-state index in [1.54, 1.807) is 18.1 Å². The van der Waals surface area contributed by atoms with E-state index in [2.05, 4.69) is 15.4 Å². The molecule has 5 nitrogen and oxygen atoms in total. The predicted molar refractivity (Wildman–Crippen MR) is 49.3 cm³/mol. The van der Waals surface area contributed by atoms with Crippen LogP contribution in [0.5, 0.6) is 0 Å². The molecule has 1 atom stereocenters. The molecule has 1 unspecified atom stereocenters. The van der Waals surface area contributed by atoms with Gasteiger partial charge in [0.05, 0.1) is 19.2 Å². The molecule has 1 rings (SSSR count). The van der Waals surface area contributed by atoms with Crippen LogP contribution in [0.15, 0.2) is 6.33 Å². The number of hydrogen-bond donors (Lipinski definition) is 1. The van der Waals surface area contributed by atoms with Gasteiger partial charge in [-0.15, -0.1) is 0 Å². The normalized spacial score (nSPS) is 13.2. The first-order chi connectivity index (χ1) is 6.26. The van der Waals surface area contributed by atoms with Crippen molar-refractivity contribution in [2.45, 2.75) is 26.1 Å². The van der Waals surface area contributed by atoms with Gasteiger partial charge in [-0.2, -0.15) is 5.10 Å². The fraction of sp³-hybridized carbons (Fsp3) is 0.750. The second kappa shape index (κ2) is 4.94. The van der Waals surface area contributed by atoms with E-state index < -0.39 is 0 Å². The Kier molecular flexibility index (Phi) is 3.85. The molecular formula is C8H16N4O. The fourth-order valence-corrected chi connectivity index (χ4v) is 0.998. The van der Waals surface area contributed by atoms with Crippen LogP contribution >= 0.6 is 0 Å². The molecule has 1 heterocycles. The number of methoxy groups -OCH3 is 1.